The number of benzene rings is 1. The van der Waals surface area contributed by atoms with Crippen LogP contribution in [0.1, 0.15) is 12.5 Å². The van der Waals surface area contributed by atoms with Crippen molar-refractivity contribution < 1.29 is 8.42 Å². The van der Waals surface area contributed by atoms with Crippen molar-refractivity contribution in [3.8, 4) is 0 Å². The molecule has 0 saturated heterocycles. The van der Waals surface area contributed by atoms with Crippen molar-refractivity contribution >= 4 is 26.0 Å². The van der Waals surface area contributed by atoms with Gasteiger partial charge < -0.3 is 0 Å². The second-order valence-corrected chi connectivity index (χ2v) is 6.45. The van der Waals surface area contributed by atoms with Crippen LogP contribution in [0, 0.1) is 6.92 Å². The van der Waals surface area contributed by atoms with Crippen LogP contribution in [0.25, 0.3) is 0 Å². The van der Waals surface area contributed by atoms with Crippen molar-refractivity contribution in [2.75, 3.05) is 13.1 Å². The van der Waals surface area contributed by atoms with Gasteiger partial charge in [-0.15, -0.1) is 6.58 Å². The molecule has 0 bridgehead atoms. The zero-order valence-corrected chi connectivity index (χ0v) is 12.4. The van der Waals surface area contributed by atoms with Gasteiger partial charge >= 0.3 is 0 Å². The van der Waals surface area contributed by atoms with Crippen molar-refractivity contribution in [3.63, 3.8) is 0 Å². The van der Waals surface area contributed by atoms with Gasteiger partial charge in [0.1, 0.15) is 0 Å². The molecule has 0 unspecified atom stereocenters. The second-order valence-electron chi connectivity index (χ2n) is 3.66. The van der Waals surface area contributed by atoms with Crippen LogP contribution in [0.15, 0.2) is 40.2 Å². The van der Waals surface area contributed by atoms with E-state index in [1.165, 1.54) is 4.31 Å². The molecular formula is C12H16BrNO2S. The van der Waals surface area contributed by atoms with E-state index in [0.29, 0.717) is 18.0 Å². The summed E-state index contributed by atoms with van der Waals surface area (Å²) in [5, 5.41) is 0. The molecule has 0 aromatic heterocycles. The van der Waals surface area contributed by atoms with E-state index >= 15 is 0 Å². The maximum atomic E-state index is 12.3. The van der Waals surface area contributed by atoms with Crippen molar-refractivity contribution in [3.05, 3.63) is 40.9 Å². The summed E-state index contributed by atoms with van der Waals surface area (Å²) in [5.41, 5.74) is 0.903. The molecule has 0 N–H and O–H groups in total. The largest absolute Gasteiger partial charge is 0.243 e. The molecule has 0 aliphatic carbocycles. The van der Waals surface area contributed by atoms with Gasteiger partial charge in [0.15, 0.2) is 0 Å². The highest BCUT2D eigenvalue weighted by molar-refractivity contribution is 9.10. The molecule has 0 aliphatic rings. The summed E-state index contributed by atoms with van der Waals surface area (Å²) in [4.78, 5) is 0.321. The van der Waals surface area contributed by atoms with Crippen LogP contribution in [-0.4, -0.2) is 25.8 Å². The zero-order chi connectivity index (χ0) is 13.1. The number of sulfonamides is 1. The fraction of sp³-hybridized carbons (Fsp3) is 0.333. The maximum Gasteiger partial charge on any atom is 0.243 e. The Balaban J connectivity index is 3.20. The highest BCUT2D eigenvalue weighted by atomic mass is 79.9. The number of rotatable bonds is 5. The summed E-state index contributed by atoms with van der Waals surface area (Å²) in [6.45, 7) is 8.02. The van der Waals surface area contributed by atoms with E-state index in [4.69, 9.17) is 0 Å². The number of halogens is 1. The number of hydrogen-bond donors (Lipinski definition) is 0. The Kier molecular flexibility index (Phi) is 4.91. The van der Waals surface area contributed by atoms with Gasteiger partial charge in [0.2, 0.25) is 10.0 Å². The summed E-state index contributed by atoms with van der Waals surface area (Å²) >= 11 is 3.36. The lowest BCUT2D eigenvalue weighted by atomic mass is 10.2. The maximum absolute atomic E-state index is 12.3. The minimum absolute atomic E-state index is 0.321. The van der Waals surface area contributed by atoms with Gasteiger partial charge in [-0.05, 0) is 30.7 Å². The Morgan fingerprint density at radius 2 is 2.12 bits per heavy atom. The number of likely N-dealkylation sites (N-methyl/N-ethyl adjacent to an activating group) is 1. The normalized spacial score (nSPS) is 11.8. The Labute approximate surface area is 111 Å². The second kappa shape index (κ2) is 5.80. The lowest BCUT2D eigenvalue weighted by Gasteiger charge is -2.19. The smallest absolute Gasteiger partial charge is 0.207 e. The van der Waals surface area contributed by atoms with Crippen LogP contribution in [0.3, 0.4) is 0 Å². The highest BCUT2D eigenvalue weighted by Gasteiger charge is 2.22. The zero-order valence-electron chi connectivity index (χ0n) is 9.98. The average molecular weight is 318 g/mol. The summed E-state index contributed by atoms with van der Waals surface area (Å²) in [5.74, 6) is 0. The van der Waals surface area contributed by atoms with E-state index in [2.05, 4.69) is 22.5 Å². The van der Waals surface area contributed by atoms with Crippen LogP contribution in [0.2, 0.25) is 0 Å². The van der Waals surface area contributed by atoms with E-state index in [-0.39, 0.29) is 0 Å². The lowest BCUT2D eigenvalue weighted by molar-refractivity contribution is 0.460. The number of nitrogens with zero attached hydrogens (tertiary/aromatic N) is 1. The minimum atomic E-state index is -3.41. The topological polar surface area (TPSA) is 37.4 Å². The van der Waals surface area contributed by atoms with E-state index < -0.39 is 10.0 Å². The number of hydrogen-bond acceptors (Lipinski definition) is 2. The summed E-state index contributed by atoms with van der Waals surface area (Å²) in [7, 11) is -3.41. The average Bonchev–Trinajstić information content (AvgIpc) is 2.29. The van der Waals surface area contributed by atoms with Crippen LogP contribution in [-0.2, 0) is 10.0 Å². The first-order valence-corrected chi connectivity index (χ1v) is 7.54. The van der Waals surface area contributed by atoms with Crippen molar-refractivity contribution in [1.29, 1.82) is 0 Å². The van der Waals surface area contributed by atoms with Gasteiger partial charge in [0.05, 0.1) is 4.90 Å². The van der Waals surface area contributed by atoms with Gasteiger partial charge in [-0.25, -0.2) is 8.42 Å². The quantitative estimate of drug-likeness (QED) is 0.783. The van der Waals surface area contributed by atoms with Gasteiger partial charge in [0, 0.05) is 17.6 Å². The van der Waals surface area contributed by atoms with Crippen LogP contribution in [0.4, 0.5) is 0 Å². The Bertz CT molecular complexity index is 511. The van der Waals surface area contributed by atoms with Crippen molar-refractivity contribution in [2.45, 2.75) is 18.7 Å². The molecule has 3 nitrogen and oxygen atoms in total. The molecule has 0 fully saturated rings. The van der Waals surface area contributed by atoms with Gasteiger partial charge in [-0.1, -0.05) is 28.9 Å². The monoisotopic (exact) mass is 317 g/mol. The summed E-state index contributed by atoms with van der Waals surface area (Å²) in [6, 6.07) is 5.04. The van der Waals surface area contributed by atoms with Gasteiger partial charge in [-0.3, -0.25) is 0 Å². The van der Waals surface area contributed by atoms with Crippen LogP contribution >= 0.6 is 15.9 Å². The van der Waals surface area contributed by atoms with Gasteiger partial charge in [-0.2, -0.15) is 4.31 Å². The predicted molar refractivity (Wildman–Crippen MR) is 73.5 cm³/mol. The fourth-order valence-corrected chi connectivity index (χ4v) is 3.22. The Hall–Kier alpha value is -0.650. The van der Waals surface area contributed by atoms with E-state index in [1.807, 2.05) is 13.8 Å². The summed E-state index contributed by atoms with van der Waals surface area (Å²) < 4.78 is 26.9. The van der Waals surface area contributed by atoms with Gasteiger partial charge in [0.25, 0.3) is 0 Å². The first-order chi connectivity index (χ1) is 7.93. The molecule has 0 atom stereocenters. The third kappa shape index (κ3) is 3.18. The number of aryl methyl sites for hydroxylation is 1. The Morgan fingerprint density at radius 1 is 1.47 bits per heavy atom. The molecule has 0 amide bonds. The SMILES string of the molecule is C=CCN(CC)S(=O)(=O)c1ccc(Br)c(C)c1. The molecule has 94 valence electrons. The van der Waals surface area contributed by atoms with E-state index in [9.17, 15) is 8.42 Å². The minimum Gasteiger partial charge on any atom is -0.207 e. The van der Waals surface area contributed by atoms with Crippen molar-refractivity contribution in [2.24, 2.45) is 0 Å². The molecule has 5 heteroatoms. The third-order valence-corrected chi connectivity index (χ3v) is 5.28. The molecule has 1 aromatic rings. The first-order valence-electron chi connectivity index (χ1n) is 5.30. The molecule has 1 rings (SSSR count). The molecule has 0 heterocycles. The Morgan fingerprint density at radius 3 is 2.59 bits per heavy atom. The molecular weight excluding hydrogens is 302 g/mol. The van der Waals surface area contributed by atoms with Crippen molar-refractivity contribution in [1.82, 2.24) is 4.31 Å². The molecule has 1 aromatic carbocycles. The molecule has 17 heavy (non-hydrogen) atoms. The predicted octanol–water partition coefficient (Wildman–Crippen LogP) is 2.95. The van der Waals surface area contributed by atoms with Crippen LogP contribution < -0.4 is 0 Å². The molecule has 0 spiro atoms. The first kappa shape index (κ1) is 14.4. The summed E-state index contributed by atoms with van der Waals surface area (Å²) in [6.07, 6.45) is 1.59. The van der Waals surface area contributed by atoms with E-state index in [0.717, 1.165) is 10.0 Å². The highest BCUT2D eigenvalue weighted by Crippen LogP contribution is 2.22. The molecule has 0 aliphatic heterocycles. The standard InChI is InChI=1S/C12H16BrNO2S/c1-4-8-14(5-2)17(15,16)11-6-7-12(13)10(3)9-11/h4,6-7,9H,1,5,8H2,2-3H3. The lowest BCUT2D eigenvalue weighted by Crippen LogP contribution is -2.31. The molecule has 0 radical (unpaired) electrons. The van der Waals surface area contributed by atoms with E-state index in [1.54, 1.807) is 24.3 Å². The fourth-order valence-electron chi connectivity index (χ4n) is 1.47. The van der Waals surface area contributed by atoms with Crippen LogP contribution in [0.5, 0.6) is 0 Å². The third-order valence-electron chi connectivity index (χ3n) is 2.45. The molecule has 0 saturated carbocycles.